The van der Waals surface area contributed by atoms with Crippen LogP contribution in [-0.2, 0) is 0 Å². The van der Waals surface area contributed by atoms with Gasteiger partial charge in [-0.2, -0.15) is 0 Å². The molecule has 0 aliphatic rings. The highest BCUT2D eigenvalue weighted by atomic mass is 16.5. The molecule has 0 saturated carbocycles. The van der Waals surface area contributed by atoms with Gasteiger partial charge >= 0.3 is 0 Å². The molecule has 1 heterocycles. The van der Waals surface area contributed by atoms with Gasteiger partial charge in [0.25, 0.3) is 0 Å². The van der Waals surface area contributed by atoms with Crippen LogP contribution in [0.4, 0.5) is 0 Å². The minimum absolute atomic E-state index is 0.873. The van der Waals surface area contributed by atoms with Gasteiger partial charge in [0, 0.05) is 5.56 Å². The van der Waals surface area contributed by atoms with Gasteiger partial charge in [-0.25, -0.2) is 0 Å². The molecule has 0 radical (unpaired) electrons. The van der Waals surface area contributed by atoms with Crippen molar-refractivity contribution < 1.29 is 9.15 Å². The zero-order chi connectivity index (χ0) is 9.97. The maximum Gasteiger partial charge on any atom is 0.134 e. The predicted octanol–water partition coefficient (Wildman–Crippen LogP) is 3.26. The van der Waals surface area contributed by atoms with Crippen molar-refractivity contribution in [3.63, 3.8) is 0 Å². The molecule has 0 amide bonds. The van der Waals surface area contributed by atoms with Crippen molar-refractivity contribution in [2.75, 3.05) is 7.11 Å². The van der Waals surface area contributed by atoms with E-state index in [2.05, 4.69) is 0 Å². The lowest BCUT2D eigenvalue weighted by molar-refractivity contribution is 0.414. The van der Waals surface area contributed by atoms with Crippen LogP contribution in [0.5, 0.6) is 5.75 Å². The highest BCUT2D eigenvalue weighted by Gasteiger charge is 2.04. The number of ether oxygens (including phenoxy) is 1. The van der Waals surface area contributed by atoms with Gasteiger partial charge in [-0.15, -0.1) is 0 Å². The van der Waals surface area contributed by atoms with Gasteiger partial charge in [0.15, 0.2) is 0 Å². The molecule has 0 fully saturated rings. The SMILES string of the molecule is COc1ccc(-c2ccco2)c(C)c1. The van der Waals surface area contributed by atoms with Crippen LogP contribution in [0.15, 0.2) is 41.0 Å². The van der Waals surface area contributed by atoms with Gasteiger partial charge in [0.1, 0.15) is 11.5 Å². The second-order valence-corrected chi connectivity index (χ2v) is 3.16. The molecule has 2 aromatic rings. The summed E-state index contributed by atoms with van der Waals surface area (Å²) in [5.74, 6) is 1.77. The van der Waals surface area contributed by atoms with Crippen molar-refractivity contribution in [2.45, 2.75) is 6.92 Å². The van der Waals surface area contributed by atoms with Crippen molar-refractivity contribution in [2.24, 2.45) is 0 Å². The summed E-state index contributed by atoms with van der Waals surface area (Å²) in [4.78, 5) is 0. The lowest BCUT2D eigenvalue weighted by Gasteiger charge is -2.05. The molecule has 14 heavy (non-hydrogen) atoms. The van der Waals surface area contributed by atoms with E-state index in [0.29, 0.717) is 0 Å². The molecule has 0 unspecified atom stereocenters. The van der Waals surface area contributed by atoms with Crippen molar-refractivity contribution in [1.82, 2.24) is 0 Å². The smallest absolute Gasteiger partial charge is 0.134 e. The molecule has 2 nitrogen and oxygen atoms in total. The van der Waals surface area contributed by atoms with Gasteiger partial charge in [-0.1, -0.05) is 0 Å². The zero-order valence-corrected chi connectivity index (χ0v) is 8.28. The predicted molar refractivity (Wildman–Crippen MR) is 55.4 cm³/mol. The normalized spacial score (nSPS) is 10.1. The van der Waals surface area contributed by atoms with Crippen molar-refractivity contribution >= 4 is 0 Å². The highest BCUT2D eigenvalue weighted by Crippen LogP contribution is 2.26. The number of hydrogen-bond donors (Lipinski definition) is 0. The maximum atomic E-state index is 5.33. The molecule has 0 spiro atoms. The molecule has 0 atom stereocenters. The average molecular weight is 188 g/mol. The topological polar surface area (TPSA) is 22.4 Å². The number of aryl methyl sites for hydroxylation is 1. The Morgan fingerprint density at radius 2 is 2.07 bits per heavy atom. The Kier molecular flexibility index (Phi) is 2.27. The molecule has 1 aromatic heterocycles. The van der Waals surface area contributed by atoms with Crippen LogP contribution in [0.3, 0.4) is 0 Å². The van der Waals surface area contributed by atoms with E-state index >= 15 is 0 Å². The van der Waals surface area contributed by atoms with Crippen molar-refractivity contribution in [3.8, 4) is 17.1 Å². The summed E-state index contributed by atoms with van der Waals surface area (Å²) < 4.78 is 10.5. The van der Waals surface area contributed by atoms with E-state index in [1.54, 1.807) is 13.4 Å². The fourth-order valence-electron chi connectivity index (χ4n) is 1.47. The lowest BCUT2D eigenvalue weighted by Crippen LogP contribution is -1.85. The second kappa shape index (κ2) is 3.58. The third-order valence-corrected chi connectivity index (χ3v) is 2.22. The van der Waals surface area contributed by atoms with E-state index < -0.39 is 0 Å². The molecule has 2 rings (SSSR count). The first-order valence-electron chi connectivity index (χ1n) is 4.50. The largest absolute Gasteiger partial charge is 0.497 e. The first kappa shape index (κ1) is 8.88. The van der Waals surface area contributed by atoms with E-state index in [1.165, 1.54) is 0 Å². The molecule has 2 heteroatoms. The second-order valence-electron chi connectivity index (χ2n) is 3.16. The standard InChI is InChI=1S/C12H12O2/c1-9-8-10(13-2)5-6-11(9)12-4-3-7-14-12/h3-8H,1-2H3. The third kappa shape index (κ3) is 1.51. The third-order valence-electron chi connectivity index (χ3n) is 2.22. The Morgan fingerprint density at radius 3 is 2.64 bits per heavy atom. The van der Waals surface area contributed by atoms with E-state index in [0.717, 1.165) is 22.6 Å². The van der Waals surface area contributed by atoms with Crippen LogP contribution in [-0.4, -0.2) is 7.11 Å². The summed E-state index contributed by atoms with van der Waals surface area (Å²) >= 11 is 0. The van der Waals surface area contributed by atoms with Gasteiger partial charge in [-0.3, -0.25) is 0 Å². The minimum Gasteiger partial charge on any atom is -0.497 e. The summed E-state index contributed by atoms with van der Waals surface area (Å²) in [5.41, 5.74) is 2.26. The summed E-state index contributed by atoms with van der Waals surface area (Å²) in [7, 11) is 1.67. The summed E-state index contributed by atoms with van der Waals surface area (Å²) in [6, 6.07) is 9.78. The van der Waals surface area contributed by atoms with E-state index in [4.69, 9.17) is 9.15 Å². The van der Waals surface area contributed by atoms with E-state index in [9.17, 15) is 0 Å². The van der Waals surface area contributed by atoms with E-state index in [-0.39, 0.29) is 0 Å². The Bertz CT molecular complexity index is 416. The Labute approximate surface area is 83.1 Å². The number of hydrogen-bond acceptors (Lipinski definition) is 2. The van der Waals surface area contributed by atoms with Gasteiger partial charge in [0.05, 0.1) is 13.4 Å². The fourth-order valence-corrected chi connectivity index (χ4v) is 1.47. The van der Waals surface area contributed by atoms with Crippen molar-refractivity contribution in [3.05, 3.63) is 42.2 Å². The number of methoxy groups -OCH3 is 1. The molecule has 0 aliphatic carbocycles. The number of benzene rings is 1. The monoisotopic (exact) mass is 188 g/mol. The van der Waals surface area contributed by atoms with Crippen LogP contribution in [0, 0.1) is 6.92 Å². The molecule has 0 N–H and O–H groups in total. The first-order chi connectivity index (χ1) is 6.81. The van der Waals surface area contributed by atoms with Crippen LogP contribution in [0.2, 0.25) is 0 Å². The summed E-state index contributed by atoms with van der Waals surface area (Å²) in [6.45, 7) is 2.04. The van der Waals surface area contributed by atoms with Crippen LogP contribution < -0.4 is 4.74 Å². The van der Waals surface area contributed by atoms with Crippen LogP contribution in [0.25, 0.3) is 11.3 Å². The molecular weight excluding hydrogens is 176 g/mol. The fraction of sp³-hybridized carbons (Fsp3) is 0.167. The molecule has 0 aliphatic heterocycles. The maximum absolute atomic E-state index is 5.33. The van der Waals surface area contributed by atoms with Gasteiger partial charge < -0.3 is 9.15 Å². The summed E-state index contributed by atoms with van der Waals surface area (Å²) in [6.07, 6.45) is 1.68. The zero-order valence-electron chi connectivity index (χ0n) is 8.28. The number of furan rings is 1. The molecular formula is C12H12O2. The van der Waals surface area contributed by atoms with Crippen LogP contribution in [0.1, 0.15) is 5.56 Å². The minimum atomic E-state index is 0.873. The Balaban J connectivity index is 2.46. The molecule has 72 valence electrons. The highest BCUT2D eigenvalue weighted by molar-refractivity contribution is 5.63. The Hall–Kier alpha value is -1.70. The van der Waals surface area contributed by atoms with Gasteiger partial charge in [0.2, 0.25) is 0 Å². The summed E-state index contributed by atoms with van der Waals surface area (Å²) in [5, 5.41) is 0. The Morgan fingerprint density at radius 1 is 1.21 bits per heavy atom. The first-order valence-corrected chi connectivity index (χ1v) is 4.50. The number of rotatable bonds is 2. The average Bonchev–Trinajstić information content (AvgIpc) is 2.70. The van der Waals surface area contributed by atoms with Gasteiger partial charge in [-0.05, 0) is 42.8 Å². The lowest BCUT2D eigenvalue weighted by atomic mass is 10.1. The molecule has 0 saturated heterocycles. The van der Waals surface area contributed by atoms with E-state index in [1.807, 2.05) is 37.3 Å². The quantitative estimate of drug-likeness (QED) is 0.721. The molecule has 1 aromatic carbocycles. The van der Waals surface area contributed by atoms with Crippen LogP contribution >= 0.6 is 0 Å². The van der Waals surface area contributed by atoms with Crippen molar-refractivity contribution in [1.29, 1.82) is 0 Å². The molecule has 0 bridgehead atoms.